The van der Waals surface area contributed by atoms with Crippen LogP contribution in [0.4, 0.5) is 0 Å². The molecule has 2 heterocycles. The van der Waals surface area contributed by atoms with E-state index in [0.717, 1.165) is 16.6 Å². The maximum Gasteiger partial charge on any atom is 0.323 e. The number of aromatic nitrogens is 1. The highest BCUT2D eigenvalue weighted by molar-refractivity contribution is 5.78. The number of carboxylic acids is 1. The molecule has 1 aliphatic rings. The number of nitrogens with zero attached hydrogens (tertiary/aromatic N) is 2. The van der Waals surface area contributed by atoms with Gasteiger partial charge in [0.15, 0.2) is 0 Å². The van der Waals surface area contributed by atoms with E-state index in [-0.39, 0.29) is 6.61 Å². The monoisotopic (exact) mass is 272 g/mol. The third-order valence-electron chi connectivity index (χ3n) is 3.55. The Balaban J connectivity index is 1.82. The Morgan fingerprint density at radius 1 is 1.35 bits per heavy atom. The minimum Gasteiger partial charge on any atom is -0.480 e. The number of morpholine rings is 1. The van der Waals surface area contributed by atoms with Crippen molar-refractivity contribution in [1.29, 1.82) is 0 Å². The second-order valence-electron chi connectivity index (χ2n) is 4.89. The number of hydrogen-bond donors (Lipinski definition) is 1. The number of para-hydroxylation sites is 1. The van der Waals surface area contributed by atoms with Crippen LogP contribution in [0.2, 0.25) is 0 Å². The number of hydrogen-bond acceptors (Lipinski definition) is 4. The summed E-state index contributed by atoms with van der Waals surface area (Å²) in [6.07, 6.45) is 0. The lowest BCUT2D eigenvalue weighted by Gasteiger charge is -2.32. The zero-order valence-corrected chi connectivity index (χ0v) is 11.0. The van der Waals surface area contributed by atoms with E-state index < -0.39 is 12.0 Å². The number of fused-ring (bicyclic) bond motifs is 1. The van der Waals surface area contributed by atoms with Crippen LogP contribution >= 0.6 is 0 Å². The molecule has 1 N–H and O–H groups in total. The maximum atomic E-state index is 11.2. The third-order valence-corrected chi connectivity index (χ3v) is 3.55. The molecule has 2 aromatic rings. The Labute approximate surface area is 116 Å². The van der Waals surface area contributed by atoms with Crippen LogP contribution in [0.15, 0.2) is 36.4 Å². The summed E-state index contributed by atoms with van der Waals surface area (Å²) in [7, 11) is 0. The molecule has 1 aromatic heterocycles. The molecule has 5 heteroatoms. The minimum atomic E-state index is -0.842. The van der Waals surface area contributed by atoms with Gasteiger partial charge in [0.2, 0.25) is 0 Å². The standard InChI is InChI=1S/C15H16N2O3/c18-15(19)14-10-20-8-7-17(14)9-12-6-5-11-3-1-2-4-13(11)16-12/h1-6,14H,7-10H2,(H,18,19). The van der Waals surface area contributed by atoms with Gasteiger partial charge in [0, 0.05) is 18.5 Å². The van der Waals surface area contributed by atoms with Crippen molar-refractivity contribution in [2.45, 2.75) is 12.6 Å². The van der Waals surface area contributed by atoms with Crippen molar-refractivity contribution in [3.8, 4) is 0 Å². The summed E-state index contributed by atoms with van der Waals surface area (Å²) >= 11 is 0. The molecular formula is C15H16N2O3. The van der Waals surface area contributed by atoms with Crippen LogP contribution < -0.4 is 0 Å². The van der Waals surface area contributed by atoms with Crippen molar-refractivity contribution in [3.63, 3.8) is 0 Å². The molecule has 0 aliphatic carbocycles. The highest BCUT2D eigenvalue weighted by atomic mass is 16.5. The van der Waals surface area contributed by atoms with Crippen LogP contribution in [0.25, 0.3) is 10.9 Å². The lowest BCUT2D eigenvalue weighted by atomic mass is 10.1. The van der Waals surface area contributed by atoms with Crippen LogP contribution in [-0.2, 0) is 16.1 Å². The van der Waals surface area contributed by atoms with Gasteiger partial charge in [0.05, 0.1) is 24.4 Å². The fourth-order valence-electron chi connectivity index (χ4n) is 2.46. The van der Waals surface area contributed by atoms with Crippen LogP contribution in [0.5, 0.6) is 0 Å². The van der Waals surface area contributed by atoms with Gasteiger partial charge in [0.1, 0.15) is 6.04 Å². The highest BCUT2D eigenvalue weighted by Crippen LogP contribution is 2.15. The van der Waals surface area contributed by atoms with Crippen LogP contribution in [0.3, 0.4) is 0 Å². The number of benzene rings is 1. The Bertz CT molecular complexity index is 629. The Hall–Kier alpha value is -1.98. The second-order valence-corrected chi connectivity index (χ2v) is 4.89. The predicted molar refractivity (Wildman–Crippen MR) is 74.4 cm³/mol. The molecule has 0 radical (unpaired) electrons. The molecule has 1 unspecified atom stereocenters. The van der Waals surface area contributed by atoms with Crippen molar-refractivity contribution < 1.29 is 14.6 Å². The van der Waals surface area contributed by atoms with E-state index in [0.29, 0.717) is 19.7 Å². The molecule has 1 saturated heterocycles. The van der Waals surface area contributed by atoms with Gasteiger partial charge in [-0.3, -0.25) is 14.7 Å². The molecule has 1 atom stereocenters. The second kappa shape index (κ2) is 5.56. The summed E-state index contributed by atoms with van der Waals surface area (Å²) < 4.78 is 5.24. The zero-order valence-electron chi connectivity index (χ0n) is 11.0. The molecule has 1 aliphatic heterocycles. The first-order chi connectivity index (χ1) is 9.74. The average molecular weight is 272 g/mol. The smallest absolute Gasteiger partial charge is 0.323 e. The predicted octanol–water partition coefficient (Wildman–Crippen LogP) is 1.52. The first kappa shape index (κ1) is 13.0. The van der Waals surface area contributed by atoms with E-state index in [4.69, 9.17) is 4.74 Å². The first-order valence-corrected chi connectivity index (χ1v) is 6.63. The molecule has 104 valence electrons. The molecule has 0 amide bonds. The van der Waals surface area contributed by atoms with Crippen molar-refractivity contribution in [3.05, 3.63) is 42.1 Å². The number of carbonyl (C=O) groups is 1. The van der Waals surface area contributed by atoms with E-state index in [9.17, 15) is 9.90 Å². The van der Waals surface area contributed by atoms with Gasteiger partial charge in [0.25, 0.3) is 0 Å². The molecule has 20 heavy (non-hydrogen) atoms. The Morgan fingerprint density at radius 2 is 2.20 bits per heavy atom. The molecule has 0 spiro atoms. The zero-order chi connectivity index (χ0) is 13.9. The van der Waals surface area contributed by atoms with E-state index in [2.05, 4.69) is 4.98 Å². The quantitative estimate of drug-likeness (QED) is 0.918. The normalized spacial score (nSPS) is 20.1. The van der Waals surface area contributed by atoms with Gasteiger partial charge in [-0.25, -0.2) is 0 Å². The van der Waals surface area contributed by atoms with Gasteiger partial charge in [-0.1, -0.05) is 24.3 Å². The SMILES string of the molecule is O=C(O)C1COCCN1Cc1ccc2ccccc2n1. The van der Waals surface area contributed by atoms with Crippen LogP contribution in [0.1, 0.15) is 5.69 Å². The number of aliphatic carboxylic acids is 1. The van der Waals surface area contributed by atoms with Gasteiger partial charge < -0.3 is 9.84 Å². The molecule has 3 rings (SSSR count). The van der Waals surface area contributed by atoms with E-state index >= 15 is 0 Å². The number of rotatable bonds is 3. The summed E-state index contributed by atoms with van der Waals surface area (Å²) in [6, 6.07) is 11.3. The summed E-state index contributed by atoms with van der Waals surface area (Å²) in [5, 5.41) is 10.3. The van der Waals surface area contributed by atoms with Gasteiger partial charge in [-0.05, 0) is 12.1 Å². The fraction of sp³-hybridized carbons (Fsp3) is 0.333. The first-order valence-electron chi connectivity index (χ1n) is 6.63. The molecule has 1 aromatic carbocycles. The van der Waals surface area contributed by atoms with E-state index in [1.54, 1.807) is 0 Å². The summed E-state index contributed by atoms with van der Waals surface area (Å²) in [4.78, 5) is 17.7. The largest absolute Gasteiger partial charge is 0.480 e. The van der Waals surface area contributed by atoms with Crippen molar-refractivity contribution in [2.24, 2.45) is 0 Å². The van der Waals surface area contributed by atoms with E-state index in [1.807, 2.05) is 41.3 Å². The van der Waals surface area contributed by atoms with Crippen molar-refractivity contribution in [1.82, 2.24) is 9.88 Å². The molecular weight excluding hydrogens is 256 g/mol. The van der Waals surface area contributed by atoms with Crippen molar-refractivity contribution >= 4 is 16.9 Å². The lowest BCUT2D eigenvalue weighted by molar-refractivity contribution is -0.150. The van der Waals surface area contributed by atoms with Gasteiger partial charge in [-0.2, -0.15) is 0 Å². The minimum absolute atomic E-state index is 0.239. The third kappa shape index (κ3) is 2.64. The Morgan fingerprint density at radius 3 is 3.05 bits per heavy atom. The van der Waals surface area contributed by atoms with Gasteiger partial charge >= 0.3 is 5.97 Å². The molecule has 0 bridgehead atoms. The molecule has 1 fully saturated rings. The Kier molecular flexibility index (Phi) is 3.62. The highest BCUT2D eigenvalue weighted by Gasteiger charge is 2.29. The topological polar surface area (TPSA) is 62.7 Å². The van der Waals surface area contributed by atoms with Crippen LogP contribution in [-0.4, -0.2) is 46.8 Å². The fourth-order valence-corrected chi connectivity index (χ4v) is 2.46. The summed E-state index contributed by atoms with van der Waals surface area (Å²) in [6.45, 7) is 1.96. The maximum absolute atomic E-state index is 11.2. The summed E-state index contributed by atoms with van der Waals surface area (Å²) in [5.74, 6) is -0.842. The van der Waals surface area contributed by atoms with Gasteiger partial charge in [-0.15, -0.1) is 0 Å². The summed E-state index contributed by atoms with van der Waals surface area (Å²) in [5.41, 5.74) is 1.82. The number of pyridine rings is 1. The number of carboxylic acid groups (broad SMARTS) is 1. The average Bonchev–Trinajstić information content (AvgIpc) is 2.47. The molecule has 5 nitrogen and oxygen atoms in total. The van der Waals surface area contributed by atoms with Crippen LogP contribution in [0, 0.1) is 0 Å². The number of ether oxygens (including phenoxy) is 1. The lowest BCUT2D eigenvalue weighted by Crippen LogP contribution is -2.49. The van der Waals surface area contributed by atoms with E-state index in [1.165, 1.54) is 0 Å². The molecule has 0 saturated carbocycles. The van der Waals surface area contributed by atoms with Crippen molar-refractivity contribution in [2.75, 3.05) is 19.8 Å².